The molecule has 0 saturated heterocycles. The second kappa shape index (κ2) is 8.34. The molecule has 2 N–H and O–H groups in total. The third kappa shape index (κ3) is 4.42. The topological polar surface area (TPSA) is 67.1 Å². The minimum absolute atomic E-state index is 0.328. The van der Waals surface area contributed by atoms with Crippen molar-refractivity contribution in [1.82, 2.24) is 25.4 Å². The van der Waals surface area contributed by atoms with E-state index in [-0.39, 0.29) is 0 Å². The van der Waals surface area contributed by atoms with E-state index in [2.05, 4.69) is 70.7 Å². The Labute approximate surface area is 156 Å². The summed E-state index contributed by atoms with van der Waals surface area (Å²) in [5.74, 6) is 3.33. The molecular formula is C20H30N6. The molecule has 2 heterocycles. The fourth-order valence-electron chi connectivity index (χ4n) is 3.36. The van der Waals surface area contributed by atoms with Crippen LogP contribution in [0.5, 0.6) is 0 Å². The lowest BCUT2D eigenvalue weighted by Crippen LogP contribution is -2.47. The molecule has 2 atom stereocenters. The molecule has 1 aliphatic heterocycles. The quantitative estimate of drug-likeness (QED) is 0.639. The van der Waals surface area contributed by atoms with Gasteiger partial charge in [-0.05, 0) is 24.8 Å². The zero-order chi connectivity index (χ0) is 18.5. The van der Waals surface area contributed by atoms with Gasteiger partial charge in [-0.15, -0.1) is 0 Å². The van der Waals surface area contributed by atoms with E-state index in [1.165, 1.54) is 11.1 Å². The van der Waals surface area contributed by atoms with E-state index in [0.29, 0.717) is 12.0 Å². The monoisotopic (exact) mass is 354 g/mol. The molecular weight excluding hydrogens is 324 g/mol. The van der Waals surface area contributed by atoms with Crippen LogP contribution >= 0.6 is 0 Å². The SMILES string of the molecule is CCc1nc2n(n1)CC(NC(=NC)NCC(C)c1cccc(C)c1)CC2. The molecule has 0 bridgehead atoms. The Bertz CT molecular complexity index is 763. The first-order chi connectivity index (χ1) is 12.6. The number of aromatic nitrogens is 3. The summed E-state index contributed by atoms with van der Waals surface area (Å²) in [6.07, 6.45) is 2.90. The molecule has 0 spiro atoms. The highest BCUT2D eigenvalue weighted by Gasteiger charge is 2.22. The van der Waals surface area contributed by atoms with Gasteiger partial charge in [0.05, 0.1) is 6.54 Å². The van der Waals surface area contributed by atoms with Crippen LogP contribution in [-0.2, 0) is 19.4 Å². The Morgan fingerprint density at radius 2 is 2.27 bits per heavy atom. The molecule has 1 aromatic heterocycles. The molecule has 0 radical (unpaired) electrons. The zero-order valence-electron chi connectivity index (χ0n) is 16.3. The maximum atomic E-state index is 4.58. The molecule has 140 valence electrons. The first-order valence-electron chi connectivity index (χ1n) is 9.55. The fourth-order valence-corrected chi connectivity index (χ4v) is 3.36. The van der Waals surface area contributed by atoms with Crippen LogP contribution < -0.4 is 10.6 Å². The van der Waals surface area contributed by atoms with Gasteiger partial charge in [0.15, 0.2) is 11.8 Å². The third-order valence-electron chi connectivity index (χ3n) is 4.97. The van der Waals surface area contributed by atoms with Gasteiger partial charge in [0.1, 0.15) is 5.82 Å². The van der Waals surface area contributed by atoms with Gasteiger partial charge in [-0.25, -0.2) is 9.67 Å². The van der Waals surface area contributed by atoms with Crippen molar-refractivity contribution < 1.29 is 0 Å². The van der Waals surface area contributed by atoms with E-state index in [4.69, 9.17) is 0 Å². The summed E-state index contributed by atoms with van der Waals surface area (Å²) in [6.45, 7) is 8.16. The van der Waals surface area contributed by atoms with Gasteiger partial charge in [-0.1, -0.05) is 43.7 Å². The molecule has 0 fully saturated rings. The number of hydrogen-bond donors (Lipinski definition) is 2. The van der Waals surface area contributed by atoms with Crippen LogP contribution in [0.25, 0.3) is 0 Å². The van der Waals surface area contributed by atoms with Crippen LogP contribution in [0.4, 0.5) is 0 Å². The predicted octanol–water partition coefficient (Wildman–Crippen LogP) is 2.43. The lowest BCUT2D eigenvalue weighted by molar-refractivity contribution is 0.392. The fraction of sp³-hybridized carbons (Fsp3) is 0.550. The van der Waals surface area contributed by atoms with Crippen LogP contribution in [0.3, 0.4) is 0 Å². The summed E-state index contributed by atoms with van der Waals surface area (Å²) >= 11 is 0. The molecule has 26 heavy (non-hydrogen) atoms. The minimum Gasteiger partial charge on any atom is -0.356 e. The Hall–Kier alpha value is -2.37. The number of nitrogens with zero attached hydrogens (tertiary/aromatic N) is 4. The lowest BCUT2D eigenvalue weighted by Gasteiger charge is -2.26. The van der Waals surface area contributed by atoms with Crippen molar-refractivity contribution in [3.05, 3.63) is 47.0 Å². The van der Waals surface area contributed by atoms with Gasteiger partial charge in [0.25, 0.3) is 0 Å². The summed E-state index contributed by atoms with van der Waals surface area (Å²) < 4.78 is 2.04. The van der Waals surface area contributed by atoms with Gasteiger partial charge in [0.2, 0.25) is 0 Å². The average Bonchev–Trinajstić information content (AvgIpc) is 3.07. The van der Waals surface area contributed by atoms with Crippen molar-refractivity contribution in [2.24, 2.45) is 4.99 Å². The molecule has 3 rings (SSSR count). The van der Waals surface area contributed by atoms with E-state index < -0.39 is 0 Å². The number of aryl methyl sites for hydroxylation is 3. The molecule has 6 heteroatoms. The molecule has 6 nitrogen and oxygen atoms in total. The average molecular weight is 355 g/mol. The highest BCUT2D eigenvalue weighted by Crippen LogP contribution is 2.16. The van der Waals surface area contributed by atoms with Crippen molar-refractivity contribution in [2.75, 3.05) is 13.6 Å². The number of guanidine groups is 1. The smallest absolute Gasteiger partial charge is 0.191 e. The molecule has 0 aliphatic carbocycles. The Morgan fingerprint density at radius 1 is 1.42 bits per heavy atom. The second-order valence-electron chi connectivity index (χ2n) is 7.13. The summed E-state index contributed by atoms with van der Waals surface area (Å²) in [7, 11) is 1.82. The molecule has 0 saturated carbocycles. The zero-order valence-corrected chi connectivity index (χ0v) is 16.3. The predicted molar refractivity (Wildman–Crippen MR) is 106 cm³/mol. The van der Waals surface area contributed by atoms with Crippen molar-refractivity contribution in [3.63, 3.8) is 0 Å². The van der Waals surface area contributed by atoms with Gasteiger partial charge in [-0.3, -0.25) is 4.99 Å². The van der Waals surface area contributed by atoms with E-state index >= 15 is 0 Å². The van der Waals surface area contributed by atoms with E-state index in [1.807, 2.05) is 11.7 Å². The first-order valence-corrected chi connectivity index (χ1v) is 9.55. The van der Waals surface area contributed by atoms with Gasteiger partial charge >= 0.3 is 0 Å². The van der Waals surface area contributed by atoms with Crippen molar-refractivity contribution >= 4 is 5.96 Å². The Balaban J connectivity index is 1.53. The van der Waals surface area contributed by atoms with Crippen molar-refractivity contribution in [1.29, 1.82) is 0 Å². The molecule has 0 amide bonds. The normalized spacial score (nSPS) is 18.3. The first kappa shape index (κ1) is 18.4. The summed E-state index contributed by atoms with van der Waals surface area (Å²) in [4.78, 5) is 8.97. The number of rotatable bonds is 5. The molecule has 1 aromatic carbocycles. The van der Waals surface area contributed by atoms with Crippen molar-refractivity contribution in [2.45, 2.75) is 58.5 Å². The van der Waals surface area contributed by atoms with Gasteiger partial charge < -0.3 is 10.6 Å². The number of hydrogen-bond acceptors (Lipinski definition) is 3. The van der Waals surface area contributed by atoms with Gasteiger partial charge in [-0.2, -0.15) is 5.10 Å². The summed E-state index contributed by atoms with van der Waals surface area (Å²) in [5, 5.41) is 11.6. The van der Waals surface area contributed by atoms with E-state index in [0.717, 1.165) is 50.0 Å². The number of nitrogens with one attached hydrogen (secondary N) is 2. The molecule has 1 aliphatic rings. The summed E-state index contributed by atoms with van der Waals surface area (Å²) in [6, 6.07) is 9.02. The maximum absolute atomic E-state index is 4.58. The van der Waals surface area contributed by atoms with Crippen LogP contribution in [0, 0.1) is 6.92 Å². The Morgan fingerprint density at radius 3 is 3.00 bits per heavy atom. The van der Waals surface area contributed by atoms with Crippen LogP contribution in [0.2, 0.25) is 0 Å². The lowest BCUT2D eigenvalue weighted by atomic mass is 9.99. The van der Waals surface area contributed by atoms with Gasteiger partial charge in [0, 0.05) is 32.5 Å². The number of benzene rings is 1. The van der Waals surface area contributed by atoms with E-state index in [9.17, 15) is 0 Å². The third-order valence-corrected chi connectivity index (χ3v) is 4.97. The molecule has 2 aromatic rings. The van der Waals surface area contributed by atoms with E-state index in [1.54, 1.807) is 0 Å². The number of aliphatic imine (C=N–C) groups is 1. The second-order valence-corrected chi connectivity index (χ2v) is 7.13. The minimum atomic E-state index is 0.328. The van der Waals surface area contributed by atoms with Crippen LogP contribution in [0.1, 0.15) is 49.0 Å². The van der Waals surface area contributed by atoms with Crippen molar-refractivity contribution in [3.8, 4) is 0 Å². The van der Waals surface area contributed by atoms with Crippen LogP contribution in [0.15, 0.2) is 29.3 Å². The van der Waals surface area contributed by atoms with Crippen LogP contribution in [-0.4, -0.2) is 40.4 Å². The molecule has 2 unspecified atom stereocenters. The number of fused-ring (bicyclic) bond motifs is 1. The highest BCUT2D eigenvalue weighted by molar-refractivity contribution is 5.80. The summed E-state index contributed by atoms with van der Waals surface area (Å²) in [5.41, 5.74) is 2.65. The maximum Gasteiger partial charge on any atom is 0.191 e. The largest absolute Gasteiger partial charge is 0.356 e. The highest BCUT2D eigenvalue weighted by atomic mass is 15.4. The Kier molecular flexibility index (Phi) is 5.91. The standard InChI is InChI=1S/C20H30N6/c1-5-18-24-19-10-9-17(13-26(19)25-18)23-20(21-4)22-12-15(3)16-8-6-7-14(2)11-16/h6-8,11,15,17H,5,9-10,12-13H2,1-4H3,(H2,21,22,23).